The quantitative estimate of drug-likeness (QED) is 0.774. The van der Waals surface area contributed by atoms with Crippen LogP contribution < -0.4 is 0 Å². The van der Waals surface area contributed by atoms with Crippen molar-refractivity contribution in [3.63, 3.8) is 0 Å². The third kappa shape index (κ3) is 3.84. The Balaban J connectivity index is 2.47. The maximum atomic E-state index is 14.0. The fourth-order valence-electron chi connectivity index (χ4n) is 2.56. The van der Waals surface area contributed by atoms with E-state index in [0.29, 0.717) is 5.56 Å². The van der Waals surface area contributed by atoms with Gasteiger partial charge in [-0.1, -0.05) is 24.3 Å². The second-order valence-corrected chi connectivity index (χ2v) is 6.58. The molecule has 0 bridgehead atoms. The number of carbonyl (C=O) groups excluding carboxylic acids is 2. The molecule has 4 nitrogen and oxygen atoms in total. The van der Waals surface area contributed by atoms with Gasteiger partial charge in [-0.3, -0.25) is 9.59 Å². The molecule has 0 radical (unpaired) electrons. The molecule has 0 aromatic heterocycles. The molecule has 132 valence electrons. The van der Waals surface area contributed by atoms with Crippen LogP contribution in [0, 0.1) is 11.6 Å². The number of benzene rings is 2. The number of halogens is 2. The molecule has 2 aromatic carbocycles. The summed E-state index contributed by atoms with van der Waals surface area (Å²) in [6.45, 7) is 5.04. The van der Waals surface area contributed by atoms with Gasteiger partial charge in [0, 0.05) is 12.6 Å². The van der Waals surface area contributed by atoms with E-state index >= 15 is 0 Å². The van der Waals surface area contributed by atoms with Gasteiger partial charge in [-0.15, -0.1) is 0 Å². The number of rotatable bonds is 2. The second kappa shape index (κ2) is 7.01. The molecule has 0 heterocycles. The summed E-state index contributed by atoms with van der Waals surface area (Å²) in [7, 11) is 1.40. The van der Waals surface area contributed by atoms with Crippen LogP contribution in [-0.4, -0.2) is 34.4 Å². The number of hydrogen-bond donors (Lipinski definition) is 0. The van der Waals surface area contributed by atoms with Gasteiger partial charge in [-0.25, -0.2) is 18.8 Å². The molecule has 0 spiro atoms. The number of amides is 2. The summed E-state index contributed by atoms with van der Waals surface area (Å²) in [5.41, 5.74) is -1.21. The lowest BCUT2D eigenvalue weighted by molar-refractivity contribution is -0.0313. The molecule has 2 aromatic rings. The summed E-state index contributed by atoms with van der Waals surface area (Å²) < 4.78 is 28.1. The Morgan fingerprint density at radius 3 is 1.84 bits per heavy atom. The molecule has 6 heteroatoms. The van der Waals surface area contributed by atoms with Crippen LogP contribution >= 0.6 is 0 Å². The first-order valence-corrected chi connectivity index (χ1v) is 7.76. The third-order valence-electron chi connectivity index (χ3n) is 3.62. The van der Waals surface area contributed by atoms with E-state index in [-0.39, 0.29) is 0 Å². The van der Waals surface area contributed by atoms with Crippen LogP contribution in [0.5, 0.6) is 0 Å². The highest BCUT2D eigenvalue weighted by molar-refractivity contribution is 5.99. The highest BCUT2D eigenvalue weighted by Gasteiger charge is 2.36. The van der Waals surface area contributed by atoms with Crippen LogP contribution in [0.4, 0.5) is 8.78 Å². The second-order valence-electron chi connectivity index (χ2n) is 6.58. The van der Waals surface area contributed by atoms with Gasteiger partial charge in [0.25, 0.3) is 11.8 Å². The summed E-state index contributed by atoms with van der Waals surface area (Å²) in [6, 6.07) is 11.6. The average Bonchev–Trinajstić information content (AvgIpc) is 2.53. The number of hydrogen-bond acceptors (Lipinski definition) is 2. The molecule has 25 heavy (non-hydrogen) atoms. The number of hydrazine groups is 1. The molecule has 0 aliphatic carbocycles. The van der Waals surface area contributed by atoms with Gasteiger partial charge in [0.2, 0.25) is 0 Å². The minimum absolute atomic E-state index is 0.362. The van der Waals surface area contributed by atoms with Crippen molar-refractivity contribution in [2.75, 3.05) is 7.05 Å². The van der Waals surface area contributed by atoms with E-state index in [1.54, 1.807) is 51.1 Å². The van der Waals surface area contributed by atoms with Gasteiger partial charge >= 0.3 is 0 Å². The lowest BCUT2D eigenvalue weighted by atomic mass is 10.1. The zero-order valence-electron chi connectivity index (χ0n) is 14.6. The average molecular weight is 346 g/mol. The van der Waals surface area contributed by atoms with Crippen LogP contribution in [0.3, 0.4) is 0 Å². The van der Waals surface area contributed by atoms with Crippen LogP contribution in [0.15, 0.2) is 48.5 Å². The highest BCUT2D eigenvalue weighted by Crippen LogP contribution is 2.23. The van der Waals surface area contributed by atoms with Crippen molar-refractivity contribution in [3.8, 4) is 0 Å². The molecule has 0 aliphatic heterocycles. The summed E-state index contributed by atoms with van der Waals surface area (Å²) in [6.07, 6.45) is 0. The van der Waals surface area contributed by atoms with E-state index in [1.165, 1.54) is 13.1 Å². The molecule has 0 aliphatic rings. The number of nitrogens with zero attached hydrogens (tertiary/aromatic N) is 2. The van der Waals surface area contributed by atoms with Gasteiger partial charge in [-0.05, 0) is 45.0 Å². The van der Waals surface area contributed by atoms with Crippen LogP contribution in [0.25, 0.3) is 0 Å². The Labute approximate surface area is 145 Å². The third-order valence-corrected chi connectivity index (χ3v) is 3.62. The maximum Gasteiger partial charge on any atom is 0.278 e. The summed E-state index contributed by atoms with van der Waals surface area (Å²) in [5, 5.41) is 2.15. The first-order valence-electron chi connectivity index (χ1n) is 7.76. The minimum atomic E-state index is -0.972. The summed E-state index contributed by atoms with van der Waals surface area (Å²) in [5.74, 6) is -3.32. The molecule has 0 saturated carbocycles. The molecular weight excluding hydrogens is 326 g/mol. The molecule has 0 unspecified atom stereocenters. The van der Waals surface area contributed by atoms with Crippen LogP contribution in [0.1, 0.15) is 41.5 Å². The number of carbonyl (C=O) groups is 2. The summed E-state index contributed by atoms with van der Waals surface area (Å²) >= 11 is 0. The van der Waals surface area contributed by atoms with Crippen molar-refractivity contribution in [3.05, 3.63) is 71.3 Å². The fourth-order valence-corrected chi connectivity index (χ4v) is 2.56. The molecule has 0 saturated heterocycles. The zero-order chi connectivity index (χ0) is 18.8. The SMILES string of the molecule is CN(C(=O)c1ccccc1)N(C(=O)c1c(F)cccc1F)C(C)(C)C. The van der Waals surface area contributed by atoms with E-state index in [9.17, 15) is 18.4 Å². The smallest absolute Gasteiger partial charge is 0.267 e. The molecule has 2 rings (SSSR count). The predicted octanol–water partition coefficient (Wildman–Crippen LogP) is 3.89. The Kier molecular flexibility index (Phi) is 5.21. The molecular formula is C19H20F2N2O2. The van der Waals surface area contributed by atoms with Crippen molar-refractivity contribution in [2.24, 2.45) is 0 Å². The normalized spacial score (nSPS) is 11.1. The van der Waals surface area contributed by atoms with Gasteiger partial charge in [0.1, 0.15) is 17.2 Å². The minimum Gasteiger partial charge on any atom is -0.267 e. The van der Waals surface area contributed by atoms with E-state index in [0.717, 1.165) is 22.2 Å². The Morgan fingerprint density at radius 1 is 0.840 bits per heavy atom. The standard InChI is InChI=1S/C19H20F2N2O2/c1-19(2,3)23(18(25)16-14(20)11-8-12-15(16)21)22(4)17(24)13-9-6-5-7-10-13/h5-12H,1-4H3. The lowest BCUT2D eigenvalue weighted by Crippen LogP contribution is -2.56. The largest absolute Gasteiger partial charge is 0.278 e. The van der Waals surface area contributed by atoms with Gasteiger partial charge in [0.15, 0.2) is 0 Å². The molecule has 2 amide bonds. The lowest BCUT2D eigenvalue weighted by Gasteiger charge is -2.41. The molecule has 0 N–H and O–H groups in total. The van der Waals surface area contributed by atoms with Gasteiger partial charge < -0.3 is 0 Å². The van der Waals surface area contributed by atoms with E-state index < -0.39 is 34.6 Å². The van der Waals surface area contributed by atoms with Crippen LogP contribution in [0.2, 0.25) is 0 Å². The Hall–Kier alpha value is -2.76. The first-order chi connectivity index (χ1) is 11.6. The topological polar surface area (TPSA) is 40.6 Å². The van der Waals surface area contributed by atoms with Crippen molar-refractivity contribution in [1.29, 1.82) is 0 Å². The predicted molar refractivity (Wildman–Crippen MR) is 90.8 cm³/mol. The zero-order valence-corrected chi connectivity index (χ0v) is 14.6. The van der Waals surface area contributed by atoms with E-state index in [1.807, 2.05) is 0 Å². The van der Waals surface area contributed by atoms with Gasteiger partial charge in [0.05, 0.1) is 5.54 Å². The van der Waals surface area contributed by atoms with Gasteiger partial charge in [-0.2, -0.15) is 0 Å². The van der Waals surface area contributed by atoms with Crippen LogP contribution in [-0.2, 0) is 0 Å². The molecule has 0 atom stereocenters. The first kappa shape index (κ1) is 18.6. The van der Waals surface area contributed by atoms with Crippen molar-refractivity contribution in [2.45, 2.75) is 26.3 Å². The summed E-state index contributed by atoms with van der Waals surface area (Å²) in [4.78, 5) is 25.5. The van der Waals surface area contributed by atoms with E-state index in [2.05, 4.69) is 0 Å². The molecule has 0 fully saturated rings. The highest BCUT2D eigenvalue weighted by atomic mass is 19.1. The maximum absolute atomic E-state index is 14.0. The van der Waals surface area contributed by atoms with E-state index in [4.69, 9.17) is 0 Å². The van der Waals surface area contributed by atoms with Crippen molar-refractivity contribution < 1.29 is 18.4 Å². The van der Waals surface area contributed by atoms with Crippen molar-refractivity contribution in [1.82, 2.24) is 10.0 Å². The Morgan fingerprint density at radius 2 is 1.36 bits per heavy atom. The Bertz CT molecular complexity index is 766. The monoisotopic (exact) mass is 346 g/mol. The van der Waals surface area contributed by atoms with Crippen molar-refractivity contribution >= 4 is 11.8 Å². The fraction of sp³-hybridized carbons (Fsp3) is 0.263.